The van der Waals surface area contributed by atoms with E-state index in [2.05, 4.69) is 29.5 Å². The SMILES string of the molecule is CCCCCCCOC(=O)[C@H](C)I. The average molecular weight is 298 g/mol. The smallest absolute Gasteiger partial charge is 0.318 e. The van der Waals surface area contributed by atoms with E-state index < -0.39 is 0 Å². The van der Waals surface area contributed by atoms with E-state index in [1.54, 1.807) is 0 Å². The van der Waals surface area contributed by atoms with Gasteiger partial charge in [0, 0.05) is 0 Å². The number of hydrogen-bond donors (Lipinski definition) is 0. The number of esters is 1. The number of carbonyl (C=O) groups excluding carboxylic acids is 1. The Morgan fingerprint density at radius 2 is 1.92 bits per heavy atom. The van der Waals surface area contributed by atoms with Gasteiger partial charge in [-0.1, -0.05) is 55.2 Å². The zero-order valence-electron chi connectivity index (χ0n) is 8.51. The topological polar surface area (TPSA) is 26.3 Å². The lowest BCUT2D eigenvalue weighted by Crippen LogP contribution is -2.14. The van der Waals surface area contributed by atoms with Crippen molar-refractivity contribution in [2.75, 3.05) is 6.61 Å². The highest BCUT2D eigenvalue weighted by atomic mass is 127. The highest BCUT2D eigenvalue weighted by Gasteiger charge is 2.08. The average Bonchev–Trinajstić information content (AvgIpc) is 2.10. The van der Waals surface area contributed by atoms with Crippen LogP contribution in [0.15, 0.2) is 0 Å². The molecule has 0 aliphatic carbocycles. The lowest BCUT2D eigenvalue weighted by molar-refractivity contribution is -0.142. The Hall–Kier alpha value is 0.200. The van der Waals surface area contributed by atoms with Gasteiger partial charge in [-0.25, -0.2) is 0 Å². The molecule has 1 atom stereocenters. The summed E-state index contributed by atoms with van der Waals surface area (Å²) < 4.78 is 5.02. The summed E-state index contributed by atoms with van der Waals surface area (Å²) in [6.07, 6.45) is 5.99. The summed E-state index contributed by atoms with van der Waals surface area (Å²) in [5, 5.41) is 0. The number of halogens is 1. The molecular weight excluding hydrogens is 279 g/mol. The van der Waals surface area contributed by atoms with Crippen LogP contribution in [0.4, 0.5) is 0 Å². The third-order valence-electron chi connectivity index (χ3n) is 1.82. The molecule has 0 spiro atoms. The number of ether oxygens (including phenoxy) is 1. The minimum Gasteiger partial charge on any atom is -0.465 e. The van der Waals surface area contributed by atoms with Crippen molar-refractivity contribution in [1.82, 2.24) is 0 Å². The molecule has 0 bridgehead atoms. The molecule has 0 heterocycles. The normalized spacial score (nSPS) is 12.5. The van der Waals surface area contributed by atoms with E-state index in [0.717, 1.165) is 6.42 Å². The van der Waals surface area contributed by atoms with Gasteiger partial charge in [0.15, 0.2) is 0 Å². The second kappa shape index (κ2) is 8.78. The number of alkyl halides is 1. The number of hydrogen-bond acceptors (Lipinski definition) is 2. The second-order valence-corrected chi connectivity index (χ2v) is 5.07. The Labute approximate surface area is 94.6 Å². The van der Waals surface area contributed by atoms with E-state index in [0.29, 0.717) is 6.61 Å². The summed E-state index contributed by atoms with van der Waals surface area (Å²) in [5.74, 6) is -0.0870. The van der Waals surface area contributed by atoms with Crippen molar-refractivity contribution in [3.8, 4) is 0 Å². The summed E-state index contributed by atoms with van der Waals surface area (Å²) >= 11 is 2.07. The Kier molecular flexibility index (Phi) is 8.92. The van der Waals surface area contributed by atoms with Gasteiger partial charge in [0.1, 0.15) is 3.92 Å². The van der Waals surface area contributed by atoms with Crippen LogP contribution in [0.2, 0.25) is 0 Å². The van der Waals surface area contributed by atoms with Crippen LogP contribution in [0.1, 0.15) is 46.0 Å². The predicted molar refractivity (Wildman–Crippen MR) is 63.2 cm³/mol. The molecule has 0 rings (SSSR count). The molecule has 0 saturated carbocycles. The van der Waals surface area contributed by atoms with Crippen LogP contribution in [0.25, 0.3) is 0 Å². The molecule has 0 aliphatic heterocycles. The number of carbonyl (C=O) groups is 1. The first-order valence-electron chi connectivity index (χ1n) is 4.99. The summed E-state index contributed by atoms with van der Waals surface area (Å²) in [4.78, 5) is 11.0. The van der Waals surface area contributed by atoms with E-state index in [4.69, 9.17) is 4.74 Å². The quantitative estimate of drug-likeness (QED) is 0.312. The molecule has 0 aliphatic rings. The fraction of sp³-hybridized carbons (Fsp3) is 0.900. The van der Waals surface area contributed by atoms with Crippen molar-refractivity contribution in [2.45, 2.75) is 49.9 Å². The van der Waals surface area contributed by atoms with Gasteiger partial charge in [0.25, 0.3) is 0 Å². The van der Waals surface area contributed by atoms with E-state index >= 15 is 0 Å². The van der Waals surface area contributed by atoms with Gasteiger partial charge in [-0.05, 0) is 13.3 Å². The second-order valence-electron chi connectivity index (χ2n) is 3.20. The van der Waals surface area contributed by atoms with Crippen molar-refractivity contribution >= 4 is 28.6 Å². The summed E-state index contributed by atoms with van der Waals surface area (Å²) in [6, 6.07) is 0. The zero-order chi connectivity index (χ0) is 10.1. The Morgan fingerprint density at radius 1 is 1.31 bits per heavy atom. The van der Waals surface area contributed by atoms with Gasteiger partial charge in [-0.3, -0.25) is 4.79 Å². The minimum absolute atomic E-state index is 0.0201. The Balaban J connectivity index is 3.12. The molecule has 13 heavy (non-hydrogen) atoms. The van der Waals surface area contributed by atoms with Gasteiger partial charge in [-0.2, -0.15) is 0 Å². The first-order valence-corrected chi connectivity index (χ1v) is 6.23. The van der Waals surface area contributed by atoms with Crippen LogP contribution in [0.5, 0.6) is 0 Å². The summed E-state index contributed by atoms with van der Waals surface area (Å²) in [5.41, 5.74) is 0. The highest BCUT2D eigenvalue weighted by molar-refractivity contribution is 14.1. The molecular formula is C10H19IO2. The van der Waals surface area contributed by atoms with Crippen LogP contribution >= 0.6 is 22.6 Å². The summed E-state index contributed by atoms with van der Waals surface area (Å²) in [6.45, 7) is 4.63. The van der Waals surface area contributed by atoms with Crippen molar-refractivity contribution in [2.24, 2.45) is 0 Å². The first-order chi connectivity index (χ1) is 6.18. The first kappa shape index (κ1) is 13.2. The van der Waals surface area contributed by atoms with Crippen LogP contribution in [0.3, 0.4) is 0 Å². The molecule has 0 N–H and O–H groups in total. The Bertz CT molecular complexity index is 135. The van der Waals surface area contributed by atoms with Crippen LogP contribution in [0, 0.1) is 0 Å². The van der Waals surface area contributed by atoms with Gasteiger partial charge in [-0.15, -0.1) is 0 Å². The number of unbranched alkanes of at least 4 members (excludes halogenated alkanes) is 4. The lowest BCUT2D eigenvalue weighted by atomic mass is 10.2. The fourth-order valence-corrected chi connectivity index (χ4v) is 1.17. The Morgan fingerprint density at radius 3 is 2.46 bits per heavy atom. The van der Waals surface area contributed by atoms with Crippen molar-refractivity contribution in [1.29, 1.82) is 0 Å². The molecule has 0 aromatic heterocycles. The van der Waals surface area contributed by atoms with Crippen LogP contribution in [-0.4, -0.2) is 16.5 Å². The molecule has 0 fully saturated rings. The predicted octanol–water partition coefficient (Wildman–Crippen LogP) is 3.32. The highest BCUT2D eigenvalue weighted by Crippen LogP contribution is 2.05. The molecule has 0 unspecified atom stereocenters. The molecule has 0 radical (unpaired) electrons. The van der Waals surface area contributed by atoms with E-state index in [-0.39, 0.29) is 9.89 Å². The lowest BCUT2D eigenvalue weighted by Gasteiger charge is -2.05. The monoisotopic (exact) mass is 298 g/mol. The van der Waals surface area contributed by atoms with Crippen LogP contribution < -0.4 is 0 Å². The van der Waals surface area contributed by atoms with Crippen LogP contribution in [-0.2, 0) is 9.53 Å². The molecule has 2 nitrogen and oxygen atoms in total. The zero-order valence-corrected chi connectivity index (χ0v) is 10.7. The molecule has 0 aromatic carbocycles. The standard InChI is InChI=1S/C10H19IO2/c1-3-4-5-6-7-8-13-10(12)9(2)11/h9H,3-8H2,1-2H3/t9-/m0/s1. The fourth-order valence-electron chi connectivity index (χ4n) is 0.993. The van der Waals surface area contributed by atoms with E-state index in [1.165, 1.54) is 25.7 Å². The van der Waals surface area contributed by atoms with Gasteiger partial charge in [0.05, 0.1) is 6.61 Å². The largest absolute Gasteiger partial charge is 0.465 e. The van der Waals surface area contributed by atoms with Crippen molar-refractivity contribution in [3.63, 3.8) is 0 Å². The molecule has 0 saturated heterocycles. The van der Waals surface area contributed by atoms with Gasteiger partial charge in [0.2, 0.25) is 0 Å². The number of rotatable bonds is 7. The maximum atomic E-state index is 11.0. The third kappa shape index (κ3) is 8.53. The minimum atomic E-state index is -0.0870. The van der Waals surface area contributed by atoms with Crippen molar-refractivity contribution in [3.05, 3.63) is 0 Å². The maximum Gasteiger partial charge on any atom is 0.318 e. The van der Waals surface area contributed by atoms with Crippen molar-refractivity contribution < 1.29 is 9.53 Å². The van der Waals surface area contributed by atoms with Gasteiger partial charge < -0.3 is 4.74 Å². The molecule has 0 aromatic rings. The third-order valence-corrected chi connectivity index (χ3v) is 2.33. The maximum absolute atomic E-state index is 11.0. The molecule has 3 heteroatoms. The molecule has 0 amide bonds. The van der Waals surface area contributed by atoms with E-state index in [9.17, 15) is 4.79 Å². The molecule has 78 valence electrons. The van der Waals surface area contributed by atoms with E-state index in [1.807, 2.05) is 6.92 Å². The summed E-state index contributed by atoms with van der Waals surface area (Å²) in [7, 11) is 0. The van der Waals surface area contributed by atoms with Gasteiger partial charge >= 0.3 is 5.97 Å².